The van der Waals surface area contributed by atoms with Gasteiger partial charge in [0.25, 0.3) is 11.6 Å². The Morgan fingerprint density at radius 3 is 2.62 bits per heavy atom. The molecule has 0 unspecified atom stereocenters. The number of non-ortho nitro benzene ring substituents is 1. The van der Waals surface area contributed by atoms with Gasteiger partial charge >= 0.3 is 0 Å². The number of carbonyl (C=O) groups is 1. The third-order valence-corrected chi connectivity index (χ3v) is 2.83. The van der Waals surface area contributed by atoms with Gasteiger partial charge in [-0.15, -0.1) is 0 Å². The average molecular weight is 310 g/mol. The van der Waals surface area contributed by atoms with Crippen molar-refractivity contribution in [1.82, 2.24) is 0 Å². The van der Waals surface area contributed by atoms with Gasteiger partial charge in [0.15, 0.2) is 0 Å². The molecular weight excluding hydrogens is 301 g/mol. The molecule has 0 radical (unpaired) electrons. The SMILES string of the molecule is Nc1ccc([N+](=O)[O-])cc1C(=O)Nc1cc(F)cc(Cl)c1. The zero-order chi connectivity index (χ0) is 15.6. The van der Waals surface area contributed by atoms with Crippen molar-refractivity contribution in [2.45, 2.75) is 0 Å². The number of nitrogens with two attached hydrogens (primary N) is 1. The van der Waals surface area contributed by atoms with Gasteiger partial charge in [-0.2, -0.15) is 0 Å². The van der Waals surface area contributed by atoms with Crippen molar-refractivity contribution in [3.63, 3.8) is 0 Å². The third kappa shape index (κ3) is 3.46. The summed E-state index contributed by atoms with van der Waals surface area (Å²) in [6.07, 6.45) is 0. The molecule has 3 N–H and O–H groups in total. The molecule has 2 aromatic rings. The fourth-order valence-corrected chi connectivity index (χ4v) is 1.90. The van der Waals surface area contributed by atoms with Crippen molar-refractivity contribution in [2.75, 3.05) is 11.1 Å². The van der Waals surface area contributed by atoms with E-state index in [0.717, 1.165) is 18.2 Å². The number of nitrogen functional groups attached to an aromatic ring is 1. The third-order valence-electron chi connectivity index (χ3n) is 2.61. The molecule has 0 bridgehead atoms. The first-order valence-corrected chi connectivity index (χ1v) is 6.06. The Bertz CT molecular complexity index is 716. The molecule has 21 heavy (non-hydrogen) atoms. The number of halogens is 2. The minimum atomic E-state index is -0.696. The number of nitro benzene ring substituents is 1. The van der Waals surface area contributed by atoms with Gasteiger partial charge in [0.2, 0.25) is 0 Å². The van der Waals surface area contributed by atoms with E-state index in [9.17, 15) is 19.3 Å². The Balaban J connectivity index is 2.31. The molecule has 2 aromatic carbocycles. The molecule has 0 aliphatic heterocycles. The minimum absolute atomic E-state index is 0.0700. The first kappa shape index (κ1) is 14.7. The van der Waals surface area contributed by atoms with Crippen LogP contribution < -0.4 is 11.1 Å². The van der Waals surface area contributed by atoms with Crippen LogP contribution in [0.25, 0.3) is 0 Å². The molecule has 8 heteroatoms. The molecule has 6 nitrogen and oxygen atoms in total. The second-order valence-corrected chi connectivity index (χ2v) is 4.58. The van der Waals surface area contributed by atoms with E-state index in [1.165, 1.54) is 18.2 Å². The second kappa shape index (κ2) is 5.76. The van der Waals surface area contributed by atoms with Crippen LogP contribution in [0.3, 0.4) is 0 Å². The van der Waals surface area contributed by atoms with Crippen molar-refractivity contribution >= 4 is 34.6 Å². The average Bonchev–Trinajstić information content (AvgIpc) is 2.37. The molecule has 0 spiro atoms. The largest absolute Gasteiger partial charge is 0.398 e. The summed E-state index contributed by atoms with van der Waals surface area (Å²) < 4.78 is 13.2. The van der Waals surface area contributed by atoms with Gasteiger partial charge in [-0.3, -0.25) is 14.9 Å². The number of nitrogens with zero attached hydrogens (tertiary/aromatic N) is 1. The number of nitro groups is 1. The number of hydrogen-bond acceptors (Lipinski definition) is 4. The molecule has 0 aliphatic carbocycles. The Hall–Kier alpha value is -2.67. The molecule has 108 valence electrons. The van der Waals surface area contributed by atoms with Gasteiger partial charge in [0, 0.05) is 28.5 Å². The highest BCUT2D eigenvalue weighted by atomic mass is 35.5. The van der Waals surface area contributed by atoms with Crippen LogP contribution in [-0.4, -0.2) is 10.8 Å². The summed E-state index contributed by atoms with van der Waals surface area (Å²) in [6, 6.07) is 6.98. The monoisotopic (exact) mass is 309 g/mol. The Kier molecular flexibility index (Phi) is 4.04. The van der Waals surface area contributed by atoms with Gasteiger partial charge < -0.3 is 11.1 Å². The lowest BCUT2D eigenvalue weighted by atomic mass is 10.1. The normalized spacial score (nSPS) is 10.2. The molecule has 0 aliphatic rings. The van der Waals surface area contributed by atoms with Crippen molar-refractivity contribution < 1.29 is 14.1 Å². The number of hydrogen-bond donors (Lipinski definition) is 2. The predicted octanol–water partition coefficient (Wildman–Crippen LogP) is 3.22. The molecule has 0 heterocycles. The maximum atomic E-state index is 13.2. The van der Waals surface area contributed by atoms with Gasteiger partial charge in [0.1, 0.15) is 5.82 Å². The van der Waals surface area contributed by atoms with Crippen molar-refractivity contribution in [3.05, 3.63) is 62.9 Å². The summed E-state index contributed by atoms with van der Waals surface area (Å²) in [5.41, 5.74) is 5.46. The first-order valence-electron chi connectivity index (χ1n) is 5.68. The Morgan fingerprint density at radius 2 is 2.00 bits per heavy atom. The predicted molar refractivity (Wildman–Crippen MR) is 76.9 cm³/mol. The number of nitrogens with one attached hydrogen (secondary N) is 1. The van der Waals surface area contributed by atoms with E-state index < -0.39 is 16.6 Å². The number of amides is 1. The van der Waals surface area contributed by atoms with Crippen molar-refractivity contribution in [3.8, 4) is 0 Å². The topological polar surface area (TPSA) is 98.3 Å². The van der Waals surface area contributed by atoms with E-state index >= 15 is 0 Å². The minimum Gasteiger partial charge on any atom is -0.398 e. The summed E-state index contributed by atoms with van der Waals surface area (Å²) in [6.45, 7) is 0. The van der Waals surface area contributed by atoms with Gasteiger partial charge in [0.05, 0.1) is 10.5 Å². The number of benzene rings is 2. The van der Waals surface area contributed by atoms with Crippen LogP contribution in [0, 0.1) is 15.9 Å². The molecule has 2 rings (SSSR count). The van der Waals surface area contributed by atoms with Crippen molar-refractivity contribution in [1.29, 1.82) is 0 Å². The van der Waals surface area contributed by atoms with Gasteiger partial charge in [-0.05, 0) is 24.3 Å². The van der Waals surface area contributed by atoms with Crippen LogP contribution in [0.1, 0.15) is 10.4 Å². The van der Waals surface area contributed by atoms with Crippen LogP contribution in [0.15, 0.2) is 36.4 Å². The lowest BCUT2D eigenvalue weighted by Crippen LogP contribution is -2.14. The lowest BCUT2D eigenvalue weighted by molar-refractivity contribution is -0.384. The maximum Gasteiger partial charge on any atom is 0.270 e. The lowest BCUT2D eigenvalue weighted by Gasteiger charge is -2.08. The highest BCUT2D eigenvalue weighted by Crippen LogP contribution is 2.22. The first-order chi connectivity index (χ1) is 9.86. The van der Waals surface area contributed by atoms with E-state index in [1.807, 2.05) is 0 Å². The summed E-state index contributed by atoms with van der Waals surface area (Å²) in [5.74, 6) is -1.32. The molecule has 1 amide bonds. The molecule has 0 aromatic heterocycles. The molecule has 0 saturated heterocycles. The quantitative estimate of drug-likeness (QED) is 0.516. The van der Waals surface area contributed by atoms with E-state index in [2.05, 4.69) is 5.32 Å². The number of rotatable bonds is 3. The summed E-state index contributed by atoms with van der Waals surface area (Å²) in [7, 11) is 0. The summed E-state index contributed by atoms with van der Waals surface area (Å²) in [5, 5.41) is 13.2. The highest BCUT2D eigenvalue weighted by molar-refractivity contribution is 6.31. The fraction of sp³-hybridized carbons (Fsp3) is 0. The summed E-state index contributed by atoms with van der Waals surface area (Å²) >= 11 is 5.67. The molecule has 0 fully saturated rings. The van der Waals surface area contributed by atoms with E-state index in [4.69, 9.17) is 17.3 Å². The van der Waals surface area contributed by atoms with Crippen LogP contribution >= 0.6 is 11.6 Å². The van der Waals surface area contributed by atoms with E-state index in [0.29, 0.717) is 0 Å². The summed E-state index contributed by atoms with van der Waals surface area (Å²) in [4.78, 5) is 22.1. The molecule has 0 saturated carbocycles. The maximum absolute atomic E-state index is 13.2. The van der Waals surface area contributed by atoms with Crippen LogP contribution in [0.5, 0.6) is 0 Å². The molecular formula is C13H9ClFN3O3. The fourth-order valence-electron chi connectivity index (χ4n) is 1.68. The van der Waals surface area contributed by atoms with Crippen molar-refractivity contribution in [2.24, 2.45) is 0 Å². The standard InChI is InChI=1S/C13H9ClFN3O3/c14-7-3-8(15)5-9(4-7)17-13(19)11-6-10(18(20)21)1-2-12(11)16/h1-6H,16H2,(H,17,19). The van der Waals surface area contributed by atoms with Gasteiger partial charge in [-0.25, -0.2) is 4.39 Å². The highest BCUT2D eigenvalue weighted by Gasteiger charge is 2.16. The number of carbonyl (C=O) groups excluding carboxylic acids is 1. The van der Waals surface area contributed by atoms with Gasteiger partial charge in [-0.1, -0.05) is 11.6 Å². The van der Waals surface area contributed by atoms with Crippen LogP contribution in [-0.2, 0) is 0 Å². The van der Waals surface area contributed by atoms with Crippen LogP contribution in [0.4, 0.5) is 21.5 Å². The number of anilines is 2. The zero-order valence-corrected chi connectivity index (χ0v) is 11.2. The van der Waals surface area contributed by atoms with E-state index in [1.54, 1.807) is 0 Å². The Labute approximate surface area is 123 Å². The second-order valence-electron chi connectivity index (χ2n) is 4.14. The Morgan fingerprint density at radius 1 is 1.29 bits per heavy atom. The molecule has 0 atom stereocenters. The zero-order valence-electron chi connectivity index (χ0n) is 10.5. The van der Waals surface area contributed by atoms with E-state index in [-0.39, 0.29) is 27.6 Å². The smallest absolute Gasteiger partial charge is 0.270 e. The van der Waals surface area contributed by atoms with Crippen LogP contribution in [0.2, 0.25) is 5.02 Å².